The molecule has 1 saturated carbocycles. The fraction of sp³-hybridized carbons (Fsp3) is 0.600. The third-order valence-electron chi connectivity index (χ3n) is 3.67. The van der Waals surface area contributed by atoms with Gasteiger partial charge >= 0.3 is 12.0 Å². The standard InChI is InChI=1S/C15H22N2O4/c1-11(14(18)19)4-2-8-16-15(20)17(12-6-7-12)10-13-5-3-9-21-13/h3,5,9,11-12H,2,4,6-8,10H2,1H3,(H,16,20)(H,18,19). The summed E-state index contributed by atoms with van der Waals surface area (Å²) in [5, 5.41) is 11.7. The van der Waals surface area contributed by atoms with Gasteiger partial charge in [0, 0.05) is 12.6 Å². The Bertz CT molecular complexity index is 468. The van der Waals surface area contributed by atoms with Gasteiger partial charge in [-0.2, -0.15) is 0 Å². The van der Waals surface area contributed by atoms with Crippen molar-refractivity contribution in [2.45, 2.75) is 45.2 Å². The second-order valence-corrected chi connectivity index (χ2v) is 5.55. The number of hydrogen-bond acceptors (Lipinski definition) is 3. The first-order valence-electron chi connectivity index (χ1n) is 7.37. The summed E-state index contributed by atoms with van der Waals surface area (Å²) in [6.45, 7) is 2.66. The summed E-state index contributed by atoms with van der Waals surface area (Å²) in [6.07, 6.45) is 4.90. The van der Waals surface area contributed by atoms with Crippen molar-refractivity contribution < 1.29 is 19.1 Å². The maximum atomic E-state index is 12.2. The van der Waals surface area contributed by atoms with E-state index in [9.17, 15) is 9.59 Å². The van der Waals surface area contributed by atoms with E-state index in [0.717, 1.165) is 18.6 Å². The first-order chi connectivity index (χ1) is 10.1. The number of carbonyl (C=O) groups is 2. The number of carbonyl (C=O) groups excluding carboxylic acids is 1. The predicted octanol–water partition coefficient (Wildman–Crippen LogP) is 2.45. The Morgan fingerprint density at radius 1 is 1.52 bits per heavy atom. The third-order valence-corrected chi connectivity index (χ3v) is 3.67. The Morgan fingerprint density at radius 3 is 2.86 bits per heavy atom. The van der Waals surface area contributed by atoms with E-state index < -0.39 is 5.97 Å². The molecule has 0 spiro atoms. The Morgan fingerprint density at radius 2 is 2.29 bits per heavy atom. The van der Waals surface area contributed by atoms with E-state index in [1.54, 1.807) is 18.1 Å². The number of hydrogen-bond donors (Lipinski definition) is 2. The number of nitrogens with one attached hydrogen (secondary N) is 1. The molecule has 0 saturated heterocycles. The van der Waals surface area contributed by atoms with Crippen LogP contribution in [0.4, 0.5) is 4.79 Å². The zero-order valence-electron chi connectivity index (χ0n) is 12.2. The van der Waals surface area contributed by atoms with Crippen LogP contribution in [0.25, 0.3) is 0 Å². The summed E-state index contributed by atoms with van der Waals surface area (Å²) in [4.78, 5) is 24.7. The summed E-state index contributed by atoms with van der Waals surface area (Å²) in [5.74, 6) is -0.389. The molecule has 0 radical (unpaired) electrons. The summed E-state index contributed by atoms with van der Waals surface area (Å²) in [6, 6.07) is 3.87. The fourth-order valence-electron chi connectivity index (χ4n) is 2.15. The minimum atomic E-state index is -0.793. The number of amides is 2. The SMILES string of the molecule is CC(CCCNC(=O)N(Cc1ccco1)C1CC1)C(=O)O. The van der Waals surface area contributed by atoms with Crippen molar-refractivity contribution in [3.05, 3.63) is 24.2 Å². The van der Waals surface area contributed by atoms with E-state index in [-0.39, 0.29) is 11.9 Å². The number of urea groups is 1. The van der Waals surface area contributed by atoms with Gasteiger partial charge in [0.1, 0.15) is 5.76 Å². The number of nitrogens with zero attached hydrogens (tertiary/aromatic N) is 1. The van der Waals surface area contributed by atoms with Crippen LogP contribution in [0.2, 0.25) is 0 Å². The molecule has 0 aromatic carbocycles. The van der Waals surface area contributed by atoms with Crippen LogP contribution in [0.3, 0.4) is 0 Å². The molecule has 1 heterocycles. The molecule has 1 aromatic heterocycles. The highest BCUT2D eigenvalue weighted by molar-refractivity contribution is 5.74. The van der Waals surface area contributed by atoms with Gasteiger partial charge in [-0.25, -0.2) is 4.79 Å². The summed E-state index contributed by atoms with van der Waals surface area (Å²) < 4.78 is 5.29. The van der Waals surface area contributed by atoms with Gasteiger partial charge in [0.15, 0.2) is 0 Å². The molecular formula is C15H22N2O4. The van der Waals surface area contributed by atoms with Gasteiger partial charge < -0.3 is 19.7 Å². The normalized spacial score (nSPS) is 15.5. The minimum Gasteiger partial charge on any atom is -0.481 e. The molecule has 6 heteroatoms. The maximum absolute atomic E-state index is 12.2. The van der Waals surface area contributed by atoms with Gasteiger partial charge in [0.25, 0.3) is 0 Å². The highest BCUT2D eigenvalue weighted by atomic mass is 16.4. The number of carboxylic acids is 1. The van der Waals surface area contributed by atoms with Crippen molar-refractivity contribution in [3.63, 3.8) is 0 Å². The largest absolute Gasteiger partial charge is 0.481 e. The van der Waals surface area contributed by atoms with Gasteiger partial charge in [-0.3, -0.25) is 4.79 Å². The molecular weight excluding hydrogens is 272 g/mol. The number of carboxylic acid groups (broad SMARTS) is 1. The van der Waals surface area contributed by atoms with Gasteiger partial charge in [-0.05, 0) is 37.8 Å². The van der Waals surface area contributed by atoms with Gasteiger partial charge in [-0.1, -0.05) is 6.92 Å². The highest BCUT2D eigenvalue weighted by Crippen LogP contribution is 2.28. The molecule has 2 N–H and O–H groups in total. The number of furan rings is 1. The second kappa shape index (κ2) is 7.15. The minimum absolute atomic E-state index is 0.100. The average Bonchev–Trinajstić information content (AvgIpc) is 3.16. The first kappa shape index (κ1) is 15.4. The summed E-state index contributed by atoms with van der Waals surface area (Å²) in [5.41, 5.74) is 0. The molecule has 1 fully saturated rings. The van der Waals surface area contributed by atoms with Crippen LogP contribution in [0, 0.1) is 5.92 Å². The molecule has 1 aromatic rings. The molecule has 2 rings (SSSR count). The van der Waals surface area contributed by atoms with Crippen LogP contribution >= 0.6 is 0 Å². The molecule has 0 aliphatic heterocycles. The lowest BCUT2D eigenvalue weighted by Gasteiger charge is -2.21. The van der Waals surface area contributed by atoms with Crippen molar-refractivity contribution in [3.8, 4) is 0 Å². The molecule has 116 valence electrons. The van der Waals surface area contributed by atoms with E-state index in [4.69, 9.17) is 9.52 Å². The Kier molecular flexibility index (Phi) is 5.25. The van der Waals surface area contributed by atoms with Gasteiger partial charge in [0.2, 0.25) is 0 Å². The zero-order valence-corrected chi connectivity index (χ0v) is 12.2. The van der Waals surface area contributed by atoms with Crippen LogP contribution in [-0.2, 0) is 11.3 Å². The van der Waals surface area contributed by atoms with Crippen LogP contribution in [0.5, 0.6) is 0 Å². The quantitative estimate of drug-likeness (QED) is 0.721. The predicted molar refractivity (Wildman–Crippen MR) is 76.7 cm³/mol. The Labute approximate surface area is 124 Å². The van der Waals surface area contributed by atoms with E-state index >= 15 is 0 Å². The molecule has 1 aliphatic rings. The molecule has 1 atom stereocenters. The maximum Gasteiger partial charge on any atom is 0.318 e. The average molecular weight is 294 g/mol. The van der Waals surface area contributed by atoms with Crippen molar-refractivity contribution in [2.24, 2.45) is 5.92 Å². The number of rotatable bonds is 8. The summed E-state index contributed by atoms with van der Waals surface area (Å²) >= 11 is 0. The van der Waals surface area contributed by atoms with Gasteiger partial charge in [0.05, 0.1) is 18.7 Å². The Hall–Kier alpha value is -1.98. The lowest BCUT2D eigenvalue weighted by molar-refractivity contribution is -0.141. The second-order valence-electron chi connectivity index (χ2n) is 5.55. The molecule has 0 bridgehead atoms. The van der Waals surface area contributed by atoms with Crippen molar-refractivity contribution in [2.75, 3.05) is 6.54 Å². The van der Waals surface area contributed by atoms with Crippen LogP contribution in [0.15, 0.2) is 22.8 Å². The van der Waals surface area contributed by atoms with E-state index in [1.165, 1.54) is 0 Å². The van der Waals surface area contributed by atoms with Crippen LogP contribution in [-0.4, -0.2) is 34.6 Å². The molecule has 2 amide bonds. The van der Waals surface area contributed by atoms with Crippen molar-refractivity contribution in [1.29, 1.82) is 0 Å². The smallest absolute Gasteiger partial charge is 0.318 e. The molecule has 1 unspecified atom stereocenters. The first-order valence-corrected chi connectivity index (χ1v) is 7.37. The van der Waals surface area contributed by atoms with Crippen LogP contribution < -0.4 is 5.32 Å². The zero-order chi connectivity index (χ0) is 15.2. The van der Waals surface area contributed by atoms with E-state index in [2.05, 4.69) is 5.32 Å². The Balaban J connectivity index is 1.73. The van der Waals surface area contributed by atoms with Gasteiger partial charge in [-0.15, -0.1) is 0 Å². The summed E-state index contributed by atoms with van der Waals surface area (Å²) in [7, 11) is 0. The molecule has 1 aliphatic carbocycles. The molecule has 6 nitrogen and oxygen atoms in total. The lowest BCUT2D eigenvalue weighted by Crippen LogP contribution is -2.41. The van der Waals surface area contributed by atoms with Crippen LogP contribution in [0.1, 0.15) is 38.4 Å². The third kappa shape index (κ3) is 4.81. The van der Waals surface area contributed by atoms with Crippen molar-refractivity contribution in [1.82, 2.24) is 10.2 Å². The molecule has 21 heavy (non-hydrogen) atoms. The highest BCUT2D eigenvalue weighted by Gasteiger charge is 2.32. The lowest BCUT2D eigenvalue weighted by atomic mass is 10.1. The van der Waals surface area contributed by atoms with E-state index in [0.29, 0.717) is 32.0 Å². The van der Waals surface area contributed by atoms with E-state index in [1.807, 2.05) is 12.1 Å². The fourth-order valence-corrected chi connectivity index (χ4v) is 2.15. The van der Waals surface area contributed by atoms with Crippen molar-refractivity contribution >= 4 is 12.0 Å². The topological polar surface area (TPSA) is 82.8 Å². The number of aliphatic carboxylic acids is 1. The monoisotopic (exact) mass is 294 g/mol.